The molecule has 0 aromatic heterocycles. The Hall–Kier alpha value is -1.79. The van der Waals surface area contributed by atoms with Gasteiger partial charge in [0.1, 0.15) is 5.41 Å². The maximum absolute atomic E-state index is 12.5. The molecule has 0 spiro atoms. The summed E-state index contributed by atoms with van der Waals surface area (Å²) >= 11 is 0. The highest BCUT2D eigenvalue weighted by atomic mass is 16.6. The molecule has 1 aliphatic carbocycles. The van der Waals surface area contributed by atoms with E-state index in [0.29, 0.717) is 57.8 Å². The summed E-state index contributed by atoms with van der Waals surface area (Å²) in [4.78, 5) is 38.1. The molecule has 0 aromatic rings. The summed E-state index contributed by atoms with van der Waals surface area (Å²) in [5, 5.41) is 5.87. The topological polar surface area (TPSA) is 87.7 Å². The Morgan fingerprint density at radius 2 is 1.79 bits per heavy atom. The highest BCUT2D eigenvalue weighted by Gasteiger charge is 2.56. The molecule has 1 aliphatic heterocycles. The van der Waals surface area contributed by atoms with Crippen molar-refractivity contribution in [2.45, 2.75) is 52.5 Å². The van der Waals surface area contributed by atoms with E-state index in [1.54, 1.807) is 11.8 Å². The molecular formula is C17H29N3O4. The first kappa shape index (κ1) is 18.5. The van der Waals surface area contributed by atoms with Crippen molar-refractivity contribution in [3.05, 3.63) is 0 Å². The van der Waals surface area contributed by atoms with Gasteiger partial charge in [-0.25, -0.2) is 4.79 Å². The summed E-state index contributed by atoms with van der Waals surface area (Å²) in [7, 11) is 0. The molecule has 0 radical (unpaired) electrons. The van der Waals surface area contributed by atoms with Gasteiger partial charge in [0, 0.05) is 25.7 Å². The largest absolute Gasteiger partial charge is 0.450 e. The molecule has 2 aliphatic rings. The van der Waals surface area contributed by atoms with Gasteiger partial charge in [-0.15, -0.1) is 0 Å². The first-order valence-corrected chi connectivity index (χ1v) is 8.90. The number of nitrogens with one attached hydrogen (secondary N) is 2. The number of nitrogens with zero attached hydrogens (tertiary/aromatic N) is 1. The van der Waals surface area contributed by atoms with Crippen molar-refractivity contribution in [2.75, 3.05) is 26.2 Å². The van der Waals surface area contributed by atoms with Gasteiger partial charge in [-0.1, -0.05) is 13.8 Å². The fourth-order valence-corrected chi connectivity index (χ4v) is 2.89. The molecule has 7 heteroatoms. The van der Waals surface area contributed by atoms with Crippen LogP contribution in [0, 0.1) is 11.3 Å². The van der Waals surface area contributed by atoms with Crippen LogP contribution in [0.2, 0.25) is 0 Å². The molecule has 2 fully saturated rings. The number of carbonyl (C=O) groups is 3. The van der Waals surface area contributed by atoms with Crippen LogP contribution in [-0.4, -0.2) is 55.1 Å². The van der Waals surface area contributed by atoms with Gasteiger partial charge in [-0.3, -0.25) is 9.59 Å². The van der Waals surface area contributed by atoms with Crippen LogP contribution in [0.1, 0.15) is 46.5 Å². The van der Waals surface area contributed by atoms with E-state index < -0.39 is 5.41 Å². The fraction of sp³-hybridized carbons (Fsp3) is 0.824. The van der Waals surface area contributed by atoms with Crippen LogP contribution in [0.5, 0.6) is 0 Å². The summed E-state index contributed by atoms with van der Waals surface area (Å²) in [6.45, 7) is 7.92. The summed E-state index contributed by atoms with van der Waals surface area (Å²) in [5.41, 5.74) is -0.868. The zero-order valence-corrected chi connectivity index (χ0v) is 14.9. The minimum Gasteiger partial charge on any atom is -0.450 e. The van der Waals surface area contributed by atoms with Crippen LogP contribution >= 0.6 is 0 Å². The molecule has 136 valence electrons. The normalized spacial score (nSPS) is 19.8. The highest BCUT2D eigenvalue weighted by Crippen LogP contribution is 2.46. The van der Waals surface area contributed by atoms with E-state index in [9.17, 15) is 14.4 Å². The standard InChI is InChI=1S/C17H29N3O4/c1-4-24-16(23)20-9-5-13(6-10-20)19-15(22)17(7-8-17)14(21)18-11-12(2)3/h12-13H,4-11H2,1-3H3,(H,18,21)(H,19,22). The molecule has 1 saturated heterocycles. The van der Waals surface area contributed by atoms with E-state index in [0.717, 1.165) is 0 Å². The average molecular weight is 339 g/mol. The van der Waals surface area contributed by atoms with Crippen molar-refractivity contribution in [3.63, 3.8) is 0 Å². The maximum Gasteiger partial charge on any atom is 0.409 e. The minimum atomic E-state index is -0.868. The number of carbonyl (C=O) groups excluding carboxylic acids is 3. The van der Waals surface area contributed by atoms with Gasteiger partial charge in [0.2, 0.25) is 11.8 Å². The van der Waals surface area contributed by atoms with Gasteiger partial charge in [0.05, 0.1) is 6.61 Å². The number of hydrogen-bond donors (Lipinski definition) is 2. The Morgan fingerprint density at radius 1 is 1.17 bits per heavy atom. The molecule has 7 nitrogen and oxygen atoms in total. The van der Waals surface area contributed by atoms with Crippen molar-refractivity contribution in [3.8, 4) is 0 Å². The van der Waals surface area contributed by atoms with Crippen LogP contribution in [0.15, 0.2) is 0 Å². The van der Waals surface area contributed by atoms with Crippen molar-refractivity contribution in [2.24, 2.45) is 11.3 Å². The van der Waals surface area contributed by atoms with Crippen LogP contribution in [0.3, 0.4) is 0 Å². The molecule has 3 amide bonds. The van der Waals surface area contributed by atoms with E-state index in [1.165, 1.54) is 0 Å². The summed E-state index contributed by atoms with van der Waals surface area (Å²) in [5.74, 6) is 0.0380. The lowest BCUT2D eigenvalue weighted by Gasteiger charge is -2.32. The number of ether oxygens (including phenoxy) is 1. The molecule has 1 heterocycles. The monoisotopic (exact) mass is 339 g/mol. The Kier molecular flexibility index (Phi) is 6.07. The summed E-state index contributed by atoms with van der Waals surface area (Å²) in [6.07, 6.45) is 2.31. The average Bonchev–Trinajstić information content (AvgIpc) is 3.35. The Labute approximate surface area is 143 Å². The lowest BCUT2D eigenvalue weighted by molar-refractivity contribution is -0.137. The summed E-state index contributed by atoms with van der Waals surface area (Å²) in [6, 6.07) is 0.0125. The lowest BCUT2D eigenvalue weighted by Crippen LogP contribution is -2.51. The smallest absolute Gasteiger partial charge is 0.409 e. The van der Waals surface area contributed by atoms with Crippen molar-refractivity contribution in [1.29, 1.82) is 0 Å². The zero-order chi connectivity index (χ0) is 17.7. The first-order valence-electron chi connectivity index (χ1n) is 8.90. The van der Waals surface area contributed by atoms with E-state index in [-0.39, 0.29) is 23.9 Å². The Balaban J connectivity index is 1.79. The third-order valence-electron chi connectivity index (χ3n) is 4.65. The third-order valence-corrected chi connectivity index (χ3v) is 4.65. The van der Waals surface area contributed by atoms with Gasteiger partial charge in [0.15, 0.2) is 0 Å². The molecule has 0 aromatic carbocycles. The van der Waals surface area contributed by atoms with Gasteiger partial charge >= 0.3 is 6.09 Å². The second-order valence-corrected chi connectivity index (χ2v) is 7.12. The Morgan fingerprint density at radius 3 is 2.29 bits per heavy atom. The number of rotatable bonds is 6. The second kappa shape index (κ2) is 7.85. The fourth-order valence-electron chi connectivity index (χ4n) is 2.89. The molecule has 0 bridgehead atoms. The van der Waals surface area contributed by atoms with Gasteiger partial charge in [-0.2, -0.15) is 0 Å². The van der Waals surface area contributed by atoms with Crippen LogP contribution in [-0.2, 0) is 14.3 Å². The molecule has 2 N–H and O–H groups in total. The predicted molar refractivity (Wildman–Crippen MR) is 89.3 cm³/mol. The van der Waals surface area contributed by atoms with E-state index in [2.05, 4.69) is 10.6 Å². The Bertz CT molecular complexity index is 480. The van der Waals surface area contributed by atoms with Gasteiger partial charge in [-0.05, 0) is 38.5 Å². The molecule has 0 atom stereocenters. The lowest BCUT2D eigenvalue weighted by atomic mass is 10.0. The number of piperidine rings is 1. The van der Waals surface area contributed by atoms with E-state index >= 15 is 0 Å². The van der Waals surface area contributed by atoms with Crippen molar-refractivity contribution < 1.29 is 19.1 Å². The number of hydrogen-bond acceptors (Lipinski definition) is 4. The minimum absolute atomic E-state index is 0.0125. The van der Waals surface area contributed by atoms with Gasteiger partial charge < -0.3 is 20.3 Å². The summed E-state index contributed by atoms with van der Waals surface area (Å²) < 4.78 is 4.99. The predicted octanol–water partition coefficient (Wildman–Crippen LogP) is 1.28. The SMILES string of the molecule is CCOC(=O)N1CCC(NC(=O)C2(C(=O)NCC(C)C)CC2)CC1. The van der Waals surface area contributed by atoms with E-state index in [4.69, 9.17) is 4.74 Å². The van der Waals surface area contributed by atoms with Crippen LogP contribution < -0.4 is 10.6 Å². The van der Waals surface area contributed by atoms with Crippen LogP contribution in [0.25, 0.3) is 0 Å². The first-order chi connectivity index (χ1) is 11.4. The van der Waals surface area contributed by atoms with E-state index in [1.807, 2.05) is 13.8 Å². The number of likely N-dealkylation sites (tertiary alicyclic amines) is 1. The molecule has 24 heavy (non-hydrogen) atoms. The molecule has 2 rings (SSSR count). The maximum atomic E-state index is 12.5. The van der Waals surface area contributed by atoms with Crippen molar-refractivity contribution >= 4 is 17.9 Å². The molecule has 1 saturated carbocycles. The molecule has 0 unspecified atom stereocenters. The van der Waals surface area contributed by atoms with Crippen molar-refractivity contribution in [1.82, 2.24) is 15.5 Å². The number of amides is 3. The van der Waals surface area contributed by atoms with Crippen LogP contribution in [0.4, 0.5) is 4.79 Å². The second-order valence-electron chi connectivity index (χ2n) is 7.12. The molecular weight excluding hydrogens is 310 g/mol. The third kappa shape index (κ3) is 4.39. The quantitative estimate of drug-likeness (QED) is 0.714. The zero-order valence-electron chi connectivity index (χ0n) is 14.9. The van der Waals surface area contributed by atoms with Gasteiger partial charge in [0.25, 0.3) is 0 Å². The highest BCUT2D eigenvalue weighted by molar-refractivity contribution is 6.07.